The summed E-state index contributed by atoms with van der Waals surface area (Å²) in [7, 11) is 0. The maximum absolute atomic E-state index is 10.3. The molecule has 2 rings (SSSR count). The SMILES string of the molecule is CC(C)C(N)C(=O)O.CC(C)C(N)C(=O)O.CC(C)C[C@H](N)C(=O)O.CC(C)C[C@H](N)C(=O)O.N[C@@H](Cc1cnc[nH]1)C(=O)O.N[C@@H](Cc1cnc[nH]1)C(=O)O.[Cu].[Cu].[Cu]. The van der Waals surface area contributed by atoms with Crippen LogP contribution in [0.1, 0.15) is 79.6 Å². The zero-order chi connectivity index (χ0) is 44.9. The first kappa shape index (κ1) is 70.1. The molecule has 0 aliphatic carbocycles. The standard InChI is InChI=1S/2C6H9N3O2.2C6H13NO2.2C5H11NO2.3Cu/c2*7-5(6(10)11)1-4-2-8-3-9-4;2*1-4(2)3-5(7)6(8)9;2*1-3(2)4(6)5(7)8;;;/h2*2-3,5H,1,7H2,(H,8,9)(H,10,11);2*4-5H,3,7H2,1-2H3,(H,8,9);2*3-4H,6H2,1-2H3,(H,7,8);;;/t4*5-;;;;;/m0000...../s1. The summed E-state index contributed by atoms with van der Waals surface area (Å²) < 4.78 is 0. The molecule has 59 heavy (non-hydrogen) atoms. The van der Waals surface area contributed by atoms with Crippen molar-refractivity contribution < 1.29 is 111 Å². The minimum absolute atomic E-state index is 0. The molecule has 0 spiro atoms. The molecule has 0 saturated carbocycles. The summed E-state index contributed by atoms with van der Waals surface area (Å²) in [5.74, 6) is -4.93. The Bertz CT molecular complexity index is 1270. The summed E-state index contributed by atoms with van der Waals surface area (Å²) in [4.78, 5) is 73.8. The molecule has 2 heterocycles. The van der Waals surface area contributed by atoms with Crippen LogP contribution in [0.25, 0.3) is 0 Å². The molecule has 25 heteroatoms. The maximum Gasteiger partial charge on any atom is 0.320 e. The fraction of sp³-hybridized carbons (Fsp3) is 0.647. The molecule has 357 valence electrons. The summed E-state index contributed by atoms with van der Waals surface area (Å²) in [5, 5.41) is 49.9. The van der Waals surface area contributed by atoms with Crippen LogP contribution < -0.4 is 34.4 Å². The van der Waals surface area contributed by atoms with Gasteiger partial charge in [0.2, 0.25) is 0 Å². The number of aliphatic carboxylic acids is 6. The van der Waals surface area contributed by atoms with Crippen LogP contribution in [0.5, 0.6) is 0 Å². The van der Waals surface area contributed by atoms with Crippen molar-refractivity contribution in [3.8, 4) is 0 Å². The van der Waals surface area contributed by atoms with Crippen molar-refractivity contribution in [1.29, 1.82) is 0 Å². The Labute approximate surface area is 376 Å². The van der Waals surface area contributed by atoms with E-state index in [0.717, 1.165) is 11.4 Å². The van der Waals surface area contributed by atoms with Crippen LogP contribution in [0.3, 0.4) is 0 Å². The third-order valence-electron chi connectivity index (χ3n) is 6.72. The van der Waals surface area contributed by atoms with Crippen LogP contribution in [0, 0.1) is 23.7 Å². The van der Waals surface area contributed by atoms with E-state index in [-0.39, 0.29) is 75.9 Å². The maximum atomic E-state index is 10.3. The number of hydrogen-bond acceptors (Lipinski definition) is 14. The second kappa shape index (κ2) is 40.0. The van der Waals surface area contributed by atoms with Crippen LogP contribution in [0.15, 0.2) is 25.0 Å². The Morgan fingerprint density at radius 1 is 0.475 bits per heavy atom. The minimum atomic E-state index is -1.00. The number of carboxylic acids is 6. The van der Waals surface area contributed by atoms with Crippen LogP contribution >= 0.6 is 0 Å². The van der Waals surface area contributed by atoms with Gasteiger partial charge in [0, 0.05) is 87.8 Å². The van der Waals surface area contributed by atoms with Gasteiger partial charge in [-0.1, -0.05) is 55.4 Å². The van der Waals surface area contributed by atoms with E-state index >= 15 is 0 Å². The van der Waals surface area contributed by atoms with Gasteiger partial charge in [0.15, 0.2) is 0 Å². The Morgan fingerprint density at radius 2 is 0.712 bits per heavy atom. The second-order valence-corrected chi connectivity index (χ2v) is 13.8. The monoisotopic (exact) mass is 995 g/mol. The van der Waals surface area contributed by atoms with Crippen LogP contribution in [-0.4, -0.2) is 123 Å². The van der Waals surface area contributed by atoms with Gasteiger partial charge in [0.05, 0.1) is 12.7 Å². The molecule has 0 amide bonds. The Hall–Kier alpha value is -3.44. The Kier molecular flexibility index (Phi) is 47.5. The minimum Gasteiger partial charge on any atom is -0.480 e. The van der Waals surface area contributed by atoms with Crippen molar-refractivity contribution in [2.24, 2.45) is 58.1 Å². The van der Waals surface area contributed by atoms with Crippen molar-refractivity contribution in [3.63, 3.8) is 0 Å². The molecule has 0 aromatic carbocycles. The van der Waals surface area contributed by atoms with E-state index in [0.29, 0.717) is 24.7 Å². The zero-order valence-corrected chi connectivity index (χ0v) is 37.1. The van der Waals surface area contributed by atoms with Gasteiger partial charge in [0.1, 0.15) is 36.3 Å². The molecule has 2 aromatic rings. The van der Waals surface area contributed by atoms with E-state index in [1.165, 1.54) is 12.7 Å². The van der Waals surface area contributed by atoms with Crippen molar-refractivity contribution in [2.45, 2.75) is 117 Å². The first-order valence-corrected chi connectivity index (χ1v) is 17.4. The molecule has 22 nitrogen and oxygen atoms in total. The fourth-order valence-electron chi connectivity index (χ4n) is 3.23. The smallest absolute Gasteiger partial charge is 0.320 e. The quantitative estimate of drug-likeness (QED) is 0.0962. The van der Waals surface area contributed by atoms with Crippen LogP contribution in [0.2, 0.25) is 0 Å². The summed E-state index contributed by atoms with van der Waals surface area (Å²) in [6, 6.07) is -4.51. The Morgan fingerprint density at radius 3 is 0.814 bits per heavy atom. The zero-order valence-electron chi connectivity index (χ0n) is 34.3. The molecule has 0 fully saturated rings. The topological polar surface area (TPSA) is 437 Å². The molecule has 0 aliphatic rings. The molecule has 2 aromatic heterocycles. The predicted octanol–water partition coefficient (Wildman–Crippen LogP) is -0.282. The summed E-state index contributed by atoms with van der Waals surface area (Å²) >= 11 is 0. The first-order valence-electron chi connectivity index (χ1n) is 17.4. The van der Waals surface area contributed by atoms with E-state index in [9.17, 15) is 28.8 Å². The van der Waals surface area contributed by atoms with E-state index in [1.54, 1.807) is 40.1 Å². The Balaban J connectivity index is -0.000000109. The number of nitrogens with zero attached hydrogens (tertiary/aromatic N) is 2. The van der Waals surface area contributed by atoms with Gasteiger partial charge in [0.25, 0.3) is 0 Å². The third-order valence-corrected chi connectivity index (χ3v) is 6.72. The van der Waals surface area contributed by atoms with E-state index in [1.807, 2.05) is 27.7 Å². The number of carbonyl (C=O) groups is 6. The van der Waals surface area contributed by atoms with Gasteiger partial charge < -0.3 is 75.0 Å². The number of hydrogen-bond donors (Lipinski definition) is 14. The number of imidazole rings is 2. The average Bonchev–Trinajstić information content (AvgIpc) is 3.79. The van der Waals surface area contributed by atoms with Crippen LogP contribution in [-0.2, 0) is 92.8 Å². The molecule has 0 aliphatic heterocycles. The third kappa shape index (κ3) is 44.0. The van der Waals surface area contributed by atoms with E-state index in [2.05, 4.69) is 19.9 Å². The molecule has 0 bridgehead atoms. The number of rotatable bonds is 16. The number of aromatic nitrogens is 4. The van der Waals surface area contributed by atoms with Gasteiger partial charge in [-0.3, -0.25) is 28.8 Å². The fourth-order valence-corrected chi connectivity index (χ4v) is 3.23. The number of aromatic amines is 2. The van der Waals surface area contributed by atoms with Crippen LogP contribution in [0.4, 0.5) is 0 Å². The number of nitrogens with one attached hydrogen (secondary N) is 2. The van der Waals surface area contributed by atoms with Crippen molar-refractivity contribution in [1.82, 2.24) is 19.9 Å². The summed E-state index contributed by atoms with van der Waals surface area (Å²) in [6.07, 6.45) is 7.77. The van der Waals surface area contributed by atoms with Crippen molar-refractivity contribution >= 4 is 35.8 Å². The summed E-state index contributed by atoms with van der Waals surface area (Å²) in [6.45, 7) is 14.9. The normalized spacial score (nSPS) is 12.8. The van der Waals surface area contributed by atoms with Gasteiger partial charge >= 0.3 is 35.8 Å². The molecular weight excluding hydrogens is 931 g/mol. The van der Waals surface area contributed by atoms with Gasteiger partial charge in [-0.05, 0) is 36.5 Å². The predicted molar refractivity (Wildman–Crippen MR) is 207 cm³/mol. The number of H-pyrrole nitrogens is 2. The molecular formula is C34H66Cu3N10O12. The summed E-state index contributed by atoms with van der Waals surface area (Å²) in [5.41, 5.74) is 32.7. The number of carboxylic acid groups (broad SMARTS) is 6. The average molecular weight is 998 g/mol. The molecule has 2 unspecified atom stereocenters. The van der Waals surface area contributed by atoms with E-state index < -0.39 is 72.1 Å². The van der Waals surface area contributed by atoms with E-state index in [4.69, 9.17) is 65.0 Å². The molecule has 0 saturated heterocycles. The molecule has 3 radical (unpaired) electrons. The van der Waals surface area contributed by atoms with Gasteiger partial charge in [-0.25, -0.2) is 9.97 Å². The van der Waals surface area contributed by atoms with Crippen molar-refractivity contribution in [3.05, 3.63) is 36.4 Å². The molecule has 20 N–H and O–H groups in total. The van der Waals surface area contributed by atoms with Gasteiger partial charge in [-0.15, -0.1) is 0 Å². The number of nitrogens with two attached hydrogens (primary N) is 6. The van der Waals surface area contributed by atoms with Crippen molar-refractivity contribution in [2.75, 3.05) is 0 Å². The second-order valence-electron chi connectivity index (χ2n) is 13.8. The first-order chi connectivity index (χ1) is 25.6. The van der Waals surface area contributed by atoms with Gasteiger partial charge in [-0.2, -0.15) is 0 Å². The molecule has 6 atom stereocenters. The largest absolute Gasteiger partial charge is 0.480 e.